The maximum atomic E-state index is 12.6. The second-order valence-corrected chi connectivity index (χ2v) is 7.49. The molecular weight excluding hydrogens is 272 g/mol. The predicted octanol–water partition coefficient (Wildman–Crippen LogP) is 2.29. The Kier molecular flexibility index (Phi) is 3.92. The van der Waals surface area contributed by atoms with Crippen LogP contribution in [0.15, 0.2) is 24.3 Å². The van der Waals surface area contributed by atoms with Gasteiger partial charge in [0, 0.05) is 17.6 Å². The fourth-order valence-electron chi connectivity index (χ4n) is 2.30. The van der Waals surface area contributed by atoms with Crippen molar-refractivity contribution in [2.24, 2.45) is 0 Å². The monoisotopic (exact) mass is 289 g/mol. The molecule has 1 atom stereocenters. The van der Waals surface area contributed by atoms with Crippen molar-refractivity contribution >= 4 is 9.84 Å². The summed E-state index contributed by atoms with van der Waals surface area (Å²) in [6.45, 7) is 2.25. The number of sulfone groups is 1. The van der Waals surface area contributed by atoms with Crippen molar-refractivity contribution in [3.05, 3.63) is 35.4 Å². The highest BCUT2D eigenvalue weighted by molar-refractivity contribution is 7.91. The lowest BCUT2D eigenvalue weighted by Gasteiger charge is -2.24. The Morgan fingerprint density at radius 2 is 2.16 bits per heavy atom. The first-order chi connectivity index (χ1) is 8.80. The summed E-state index contributed by atoms with van der Waals surface area (Å²) in [5.41, 5.74) is 0.270. The van der Waals surface area contributed by atoms with Crippen LogP contribution in [0.4, 0.5) is 8.78 Å². The number of alkyl halides is 2. The molecule has 1 aromatic rings. The van der Waals surface area contributed by atoms with E-state index < -0.39 is 21.8 Å². The van der Waals surface area contributed by atoms with E-state index in [4.69, 9.17) is 0 Å². The van der Waals surface area contributed by atoms with Crippen LogP contribution in [0.2, 0.25) is 0 Å². The van der Waals surface area contributed by atoms with Crippen molar-refractivity contribution in [3.8, 4) is 0 Å². The lowest BCUT2D eigenvalue weighted by atomic mass is 10.0. The second kappa shape index (κ2) is 5.17. The van der Waals surface area contributed by atoms with Crippen LogP contribution in [0, 0.1) is 0 Å². The van der Waals surface area contributed by atoms with Gasteiger partial charge in [0.05, 0.1) is 11.5 Å². The molecule has 0 amide bonds. The van der Waals surface area contributed by atoms with Gasteiger partial charge in [-0.05, 0) is 25.0 Å². The highest BCUT2D eigenvalue weighted by Gasteiger charge is 2.37. The number of hydrogen-bond acceptors (Lipinski definition) is 3. The predicted molar refractivity (Wildman–Crippen MR) is 69.9 cm³/mol. The number of rotatable bonds is 4. The Labute approximate surface area is 111 Å². The van der Waals surface area contributed by atoms with Crippen molar-refractivity contribution in [2.75, 3.05) is 11.5 Å². The minimum Gasteiger partial charge on any atom is -0.306 e. The van der Waals surface area contributed by atoms with Crippen LogP contribution in [-0.2, 0) is 16.4 Å². The Hall–Kier alpha value is -1.01. The Bertz CT molecular complexity index is 560. The van der Waals surface area contributed by atoms with Crippen molar-refractivity contribution in [1.29, 1.82) is 0 Å². The van der Waals surface area contributed by atoms with Crippen LogP contribution >= 0.6 is 0 Å². The van der Waals surface area contributed by atoms with E-state index in [2.05, 4.69) is 5.32 Å². The molecule has 0 radical (unpaired) electrons. The summed E-state index contributed by atoms with van der Waals surface area (Å²) in [4.78, 5) is 0. The summed E-state index contributed by atoms with van der Waals surface area (Å²) >= 11 is 0. The van der Waals surface area contributed by atoms with Gasteiger partial charge in [-0.2, -0.15) is 0 Å². The van der Waals surface area contributed by atoms with Crippen molar-refractivity contribution in [1.82, 2.24) is 5.32 Å². The zero-order valence-corrected chi connectivity index (χ0v) is 11.5. The quantitative estimate of drug-likeness (QED) is 0.925. The zero-order chi connectivity index (χ0) is 14.1. The van der Waals surface area contributed by atoms with Gasteiger partial charge >= 0.3 is 0 Å². The summed E-state index contributed by atoms with van der Waals surface area (Å²) in [6, 6.07) is 6.18. The molecule has 0 spiro atoms. The molecular formula is C13H17F2NO2S. The molecule has 1 aromatic carbocycles. The van der Waals surface area contributed by atoms with Crippen molar-refractivity contribution in [2.45, 2.75) is 31.9 Å². The normalized spacial score (nSPS) is 25.9. The third-order valence-electron chi connectivity index (χ3n) is 3.43. The molecule has 1 aliphatic heterocycles. The summed E-state index contributed by atoms with van der Waals surface area (Å²) in [5.74, 6) is 0.294. The van der Waals surface area contributed by atoms with Crippen LogP contribution in [0.25, 0.3) is 0 Å². The molecule has 0 saturated carbocycles. The molecule has 1 aliphatic rings. The van der Waals surface area contributed by atoms with Crippen molar-refractivity contribution < 1.29 is 17.2 Å². The van der Waals surface area contributed by atoms with Crippen LogP contribution in [-0.4, -0.2) is 25.5 Å². The van der Waals surface area contributed by atoms with Gasteiger partial charge < -0.3 is 5.32 Å². The first kappa shape index (κ1) is 14.4. The van der Waals surface area contributed by atoms with E-state index >= 15 is 0 Å². The SMILES string of the molecule is CC1(NCc2cccc(C(F)F)c2)CCS(=O)(=O)C1. The van der Waals surface area contributed by atoms with E-state index in [0.29, 0.717) is 13.0 Å². The molecule has 1 unspecified atom stereocenters. The molecule has 1 fully saturated rings. The van der Waals surface area contributed by atoms with Crippen LogP contribution < -0.4 is 5.32 Å². The van der Waals surface area contributed by atoms with Crippen LogP contribution in [0.1, 0.15) is 30.9 Å². The van der Waals surface area contributed by atoms with Gasteiger partial charge in [-0.25, -0.2) is 17.2 Å². The standard InChI is InChI=1S/C13H17F2NO2S/c1-13(5-6-19(17,18)9-13)16-8-10-3-2-4-11(7-10)12(14)15/h2-4,7,12,16H,5-6,8-9H2,1H3. The second-order valence-electron chi connectivity index (χ2n) is 5.30. The molecule has 0 bridgehead atoms. The minimum atomic E-state index is -2.96. The summed E-state index contributed by atoms with van der Waals surface area (Å²) in [5, 5.41) is 3.17. The number of halogens is 2. The molecule has 1 N–H and O–H groups in total. The van der Waals surface area contributed by atoms with Gasteiger partial charge in [0.25, 0.3) is 6.43 Å². The Morgan fingerprint density at radius 1 is 1.42 bits per heavy atom. The average molecular weight is 289 g/mol. The molecule has 0 aliphatic carbocycles. The van der Waals surface area contributed by atoms with E-state index in [-0.39, 0.29) is 17.1 Å². The molecule has 1 heterocycles. The Morgan fingerprint density at radius 3 is 2.74 bits per heavy atom. The largest absolute Gasteiger partial charge is 0.306 e. The molecule has 19 heavy (non-hydrogen) atoms. The first-order valence-electron chi connectivity index (χ1n) is 6.12. The number of benzene rings is 1. The van der Waals surface area contributed by atoms with E-state index in [1.807, 2.05) is 6.92 Å². The number of hydrogen-bond donors (Lipinski definition) is 1. The van der Waals surface area contributed by atoms with Gasteiger partial charge in [0.1, 0.15) is 0 Å². The third-order valence-corrected chi connectivity index (χ3v) is 5.33. The van der Waals surface area contributed by atoms with Gasteiger partial charge in [-0.1, -0.05) is 18.2 Å². The summed E-state index contributed by atoms with van der Waals surface area (Å²) in [7, 11) is -2.96. The molecule has 106 valence electrons. The fraction of sp³-hybridized carbons (Fsp3) is 0.538. The van der Waals surface area contributed by atoms with E-state index in [0.717, 1.165) is 5.56 Å². The number of nitrogens with one attached hydrogen (secondary N) is 1. The molecule has 0 aromatic heterocycles. The molecule has 6 heteroatoms. The summed E-state index contributed by atoms with van der Waals surface area (Å²) in [6.07, 6.45) is -1.92. The average Bonchev–Trinajstić information content (AvgIpc) is 2.62. The van der Waals surface area contributed by atoms with Gasteiger partial charge in [0.2, 0.25) is 0 Å². The van der Waals surface area contributed by atoms with Gasteiger partial charge in [-0.15, -0.1) is 0 Å². The summed E-state index contributed by atoms with van der Waals surface area (Å²) < 4.78 is 48.1. The first-order valence-corrected chi connectivity index (χ1v) is 7.94. The topological polar surface area (TPSA) is 46.2 Å². The molecule has 1 saturated heterocycles. The van der Waals surface area contributed by atoms with E-state index in [1.54, 1.807) is 12.1 Å². The highest BCUT2D eigenvalue weighted by atomic mass is 32.2. The fourth-order valence-corrected chi connectivity index (χ4v) is 4.43. The maximum absolute atomic E-state index is 12.6. The zero-order valence-electron chi connectivity index (χ0n) is 10.7. The van der Waals surface area contributed by atoms with Gasteiger partial charge in [-0.3, -0.25) is 0 Å². The third kappa shape index (κ3) is 3.73. The highest BCUT2D eigenvalue weighted by Crippen LogP contribution is 2.24. The molecule has 3 nitrogen and oxygen atoms in total. The smallest absolute Gasteiger partial charge is 0.263 e. The van der Waals surface area contributed by atoms with Gasteiger partial charge in [0.15, 0.2) is 9.84 Å². The lowest BCUT2D eigenvalue weighted by molar-refractivity contribution is 0.151. The van der Waals surface area contributed by atoms with Crippen LogP contribution in [0.3, 0.4) is 0 Å². The van der Waals surface area contributed by atoms with Crippen molar-refractivity contribution in [3.63, 3.8) is 0 Å². The van der Waals surface area contributed by atoms with E-state index in [1.165, 1.54) is 12.1 Å². The minimum absolute atomic E-state index is 0.0107. The Balaban J connectivity index is 2.01. The van der Waals surface area contributed by atoms with E-state index in [9.17, 15) is 17.2 Å². The maximum Gasteiger partial charge on any atom is 0.263 e. The lowest BCUT2D eigenvalue weighted by Crippen LogP contribution is -2.42. The molecule has 2 rings (SSSR count). The van der Waals surface area contributed by atoms with Crippen LogP contribution in [0.5, 0.6) is 0 Å².